The summed E-state index contributed by atoms with van der Waals surface area (Å²) in [5.41, 5.74) is 2.88. The molecule has 134 valence electrons. The second-order valence-corrected chi connectivity index (χ2v) is 6.45. The van der Waals surface area contributed by atoms with E-state index in [0.717, 1.165) is 16.6 Å². The van der Waals surface area contributed by atoms with E-state index in [1.54, 1.807) is 18.3 Å². The minimum atomic E-state index is -0.673. The summed E-state index contributed by atoms with van der Waals surface area (Å²) >= 11 is 0. The summed E-state index contributed by atoms with van der Waals surface area (Å²) in [6.07, 6.45) is 1.30. The number of β-amino-alcohol motifs (C(OH)–C–C–N with tert-alkyl or cyclic N) is 1. The number of hydrogen-bond donors (Lipinski definition) is 3. The van der Waals surface area contributed by atoms with Crippen LogP contribution in [-0.4, -0.2) is 57.7 Å². The third-order valence-electron chi connectivity index (χ3n) is 4.65. The number of benzene rings is 1. The second kappa shape index (κ2) is 7.10. The molecule has 0 saturated carbocycles. The molecule has 3 amide bonds. The highest BCUT2D eigenvalue weighted by Crippen LogP contribution is 2.20. The number of likely N-dealkylation sites (tertiary alicyclic amines) is 1. The quantitative estimate of drug-likeness (QED) is 0.738. The van der Waals surface area contributed by atoms with Gasteiger partial charge in [-0.3, -0.25) is 4.79 Å². The Bertz CT molecular complexity index is 788. The lowest BCUT2D eigenvalue weighted by Gasteiger charge is -2.17. The summed E-state index contributed by atoms with van der Waals surface area (Å²) in [7, 11) is 3.50. The van der Waals surface area contributed by atoms with E-state index < -0.39 is 6.10 Å². The van der Waals surface area contributed by atoms with Crippen molar-refractivity contribution in [1.29, 1.82) is 0 Å². The summed E-state index contributed by atoms with van der Waals surface area (Å²) in [4.78, 5) is 29.6. The third kappa shape index (κ3) is 3.74. The maximum Gasteiger partial charge on any atom is 0.317 e. The summed E-state index contributed by atoms with van der Waals surface area (Å²) < 4.78 is 1.94. The van der Waals surface area contributed by atoms with Gasteiger partial charge in [-0.25, -0.2) is 9.78 Å². The zero-order chi connectivity index (χ0) is 18.0. The molecule has 0 bridgehead atoms. The van der Waals surface area contributed by atoms with Crippen molar-refractivity contribution in [3.63, 3.8) is 0 Å². The zero-order valence-corrected chi connectivity index (χ0v) is 14.4. The lowest BCUT2D eigenvalue weighted by atomic mass is 10.0. The number of aliphatic hydroxyl groups excluding tert-OH is 1. The first kappa shape index (κ1) is 17.2. The maximum absolute atomic E-state index is 12.3. The van der Waals surface area contributed by atoms with E-state index in [4.69, 9.17) is 0 Å². The van der Waals surface area contributed by atoms with Crippen LogP contribution in [0, 0.1) is 5.92 Å². The number of aryl methyl sites for hydroxylation is 1. The number of carbonyl (C=O) groups is 2. The molecule has 8 nitrogen and oxygen atoms in total. The second-order valence-electron chi connectivity index (χ2n) is 6.45. The lowest BCUT2D eigenvalue weighted by molar-refractivity contribution is -0.122. The van der Waals surface area contributed by atoms with E-state index in [1.165, 1.54) is 0 Å². The Labute approximate surface area is 145 Å². The van der Waals surface area contributed by atoms with Gasteiger partial charge in [0.05, 0.1) is 23.5 Å². The number of carbonyl (C=O) groups excluding carboxylic acids is 2. The normalized spacial score (nSPS) is 20.0. The van der Waals surface area contributed by atoms with Crippen LogP contribution in [0.4, 0.5) is 4.79 Å². The van der Waals surface area contributed by atoms with Gasteiger partial charge in [-0.2, -0.15) is 0 Å². The summed E-state index contributed by atoms with van der Waals surface area (Å²) in [6, 6.07) is 5.64. The minimum absolute atomic E-state index is 0.130. The van der Waals surface area contributed by atoms with E-state index in [0.29, 0.717) is 13.1 Å². The minimum Gasteiger partial charge on any atom is -0.391 e. The smallest absolute Gasteiger partial charge is 0.317 e. The molecule has 0 aliphatic carbocycles. The first-order valence-electron chi connectivity index (χ1n) is 8.29. The monoisotopic (exact) mass is 345 g/mol. The Hall–Kier alpha value is -2.61. The Balaban J connectivity index is 1.56. The van der Waals surface area contributed by atoms with Gasteiger partial charge in [-0.15, -0.1) is 0 Å². The van der Waals surface area contributed by atoms with Crippen molar-refractivity contribution in [2.75, 3.05) is 20.1 Å². The molecule has 1 saturated heterocycles. The number of amides is 3. The number of aromatic nitrogens is 2. The molecule has 3 N–H and O–H groups in total. The summed E-state index contributed by atoms with van der Waals surface area (Å²) in [5.74, 6) is -0.356. The number of imidazole rings is 1. The lowest BCUT2D eigenvalue weighted by Crippen LogP contribution is -2.38. The zero-order valence-electron chi connectivity index (χ0n) is 14.4. The van der Waals surface area contributed by atoms with Crippen LogP contribution in [-0.2, 0) is 18.4 Å². The van der Waals surface area contributed by atoms with Crippen LogP contribution in [0.5, 0.6) is 0 Å². The van der Waals surface area contributed by atoms with Crippen LogP contribution in [0.25, 0.3) is 11.0 Å². The van der Waals surface area contributed by atoms with E-state index >= 15 is 0 Å². The van der Waals surface area contributed by atoms with Crippen molar-refractivity contribution < 1.29 is 14.7 Å². The van der Waals surface area contributed by atoms with Crippen molar-refractivity contribution >= 4 is 23.0 Å². The Morgan fingerprint density at radius 3 is 2.92 bits per heavy atom. The van der Waals surface area contributed by atoms with Crippen LogP contribution in [0.1, 0.15) is 12.0 Å². The molecule has 1 aromatic carbocycles. The summed E-state index contributed by atoms with van der Waals surface area (Å²) in [5, 5.41) is 15.5. The molecule has 25 heavy (non-hydrogen) atoms. The van der Waals surface area contributed by atoms with Crippen LogP contribution < -0.4 is 10.6 Å². The van der Waals surface area contributed by atoms with Crippen LogP contribution >= 0.6 is 0 Å². The van der Waals surface area contributed by atoms with Gasteiger partial charge in [0, 0.05) is 46.1 Å². The largest absolute Gasteiger partial charge is 0.391 e. The maximum atomic E-state index is 12.3. The van der Waals surface area contributed by atoms with E-state index in [-0.39, 0.29) is 30.8 Å². The standard InChI is InChI=1S/C17H23N5O3/c1-18-16(24)6-12-8-22(9-15(12)23)17(25)19-7-11-3-4-14-13(5-11)20-10-21(14)2/h3-5,10,12,15,23H,6-9H2,1-2H3,(H,18,24)(H,19,25)/t12-,15-/m1/s1. The number of hydrogen-bond acceptors (Lipinski definition) is 4. The number of fused-ring (bicyclic) bond motifs is 1. The fourth-order valence-corrected chi connectivity index (χ4v) is 3.14. The SMILES string of the molecule is CNC(=O)C[C@@H]1CN(C(=O)NCc2ccc3c(c2)ncn3C)C[C@H]1O. The fraction of sp³-hybridized carbons (Fsp3) is 0.471. The number of nitrogens with zero attached hydrogens (tertiary/aromatic N) is 3. The topological polar surface area (TPSA) is 99.5 Å². The fourth-order valence-electron chi connectivity index (χ4n) is 3.14. The predicted octanol–water partition coefficient (Wildman–Crippen LogP) is 0.212. The van der Waals surface area contributed by atoms with Crippen molar-refractivity contribution in [2.45, 2.75) is 19.1 Å². The highest BCUT2D eigenvalue weighted by atomic mass is 16.3. The van der Waals surface area contributed by atoms with Gasteiger partial charge in [-0.1, -0.05) is 6.07 Å². The summed E-state index contributed by atoms with van der Waals surface area (Å²) in [6.45, 7) is 1.00. The van der Waals surface area contributed by atoms with Gasteiger partial charge in [0.2, 0.25) is 5.91 Å². The first-order chi connectivity index (χ1) is 12.0. The van der Waals surface area contributed by atoms with Crippen LogP contribution in [0.15, 0.2) is 24.5 Å². The number of urea groups is 1. The molecule has 2 atom stereocenters. The molecular formula is C17H23N5O3. The molecule has 0 unspecified atom stereocenters. The molecule has 8 heteroatoms. The molecule has 1 aromatic heterocycles. The van der Waals surface area contributed by atoms with Gasteiger partial charge < -0.3 is 25.2 Å². The number of nitrogens with one attached hydrogen (secondary N) is 2. The van der Waals surface area contributed by atoms with E-state index in [1.807, 2.05) is 29.8 Å². The molecule has 0 radical (unpaired) electrons. The van der Waals surface area contributed by atoms with E-state index in [9.17, 15) is 14.7 Å². The van der Waals surface area contributed by atoms with Crippen molar-refractivity contribution in [3.8, 4) is 0 Å². The molecule has 3 rings (SSSR count). The third-order valence-corrected chi connectivity index (χ3v) is 4.65. The molecule has 2 aromatic rings. The number of aliphatic hydroxyl groups is 1. The van der Waals surface area contributed by atoms with Gasteiger partial charge in [0.1, 0.15) is 0 Å². The Kier molecular flexibility index (Phi) is 4.89. The average molecular weight is 345 g/mol. The van der Waals surface area contributed by atoms with Gasteiger partial charge >= 0.3 is 6.03 Å². The van der Waals surface area contributed by atoms with Crippen molar-refractivity contribution in [2.24, 2.45) is 13.0 Å². The highest BCUT2D eigenvalue weighted by Gasteiger charge is 2.34. The first-order valence-corrected chi connectivity index (χ1v) is 8.29. The predicted molar refractivity (Wildman–Crippen MR) is 92.7 cm³/mol. The number of rotatable bonds is 4. The molecular weight excluding hydrogens is 322 g/mol. The van der Waals surface area contributed by atoms with Crippen molar-refractivity contribution in [3.05, 3.63) is 30.1 Å². The molecule has 2 heterocycles. The molecule has 1 aliphatic rings. The molecule has 1 aliphatic heterocycles. The van der Waals surface area contributed by atoms with Gasteiger partial charge in [-0.05, 0) is 17.7 Å². The van der Waals surface area contributed by atoms with Crippen LogP contribution in [0.2, 0.25) is 0 Å². The van der Waals surface area contributed by atoms with Crippen LogP contribution in [0.3, 0.4) is 0 Å². The van der Waals surface area contributed by atoms with Gasteiger partial charge in [0.25, 0.3) is 0 Å². The van der Waals surface area contributed by atoms with Crippen molar-refractivity contribution in [1.82, 2.24) is 25.1 Å². The van der Waals surface area contributed by atoms with E-state index in [2.05, 4.69) is 15.6 Å². The molecule has 0 spiro atoms. The molecule has 1 fully saturated rings. The Morgan fingerprint density at radius 2 is 2.16 bits per heavy atom. The average Bonchev–Trinajstić information content (AvgIpc) is 3.16. The highest BCUT2D eigenvalue weighted by molar-refractivity contribution is 5.78. The van der Waals surface area contributed by atoms with Gasteiger partial charge in [0.15, 0.2) is 0 Å². The Morgan fingerprint density at radius 1 is 1.36 bits per heavy atom.